The molecule has 1 saturated heterocycles. The van der Waals surface area contributed by atoms with Crippen LogP contribution in [0.3, 0.4) is 0 Å². The molecule has 3 rings (SSSR count). The molecule has 0 aliphatic carbocycles. The molecule has 6 nitrogen and oxygen atoms in total. The topological polar surface area (TPSA) is 76.0 Å². The molecule has 0 radical (unpaired) electrons. The van der Waals surface area contributed by atoms with Gasteiger partial charge in [0.05, 0.1) is 5.69 Å². The molecular formula is C18H20FN5OS. The number of hydrogen-bond acceptors (Lipinski definition) is 6. The van der Waals surface area contributed by atoms with Gasteiger partial charge in [0.25, 0.3) is 5.56 Å². The summed E-state index contributed by atoms with van der Waals surface area (Å²) in [5.74, 6) is -0.341. The Labute approximate surface area is 155 Å². The Morgan fingerprint density at radius 2 is 2.08 bits per heavy atom. The number of aromatic nitrogens is 2. The van der Waals surface area contributed by atoms with Gasteiger partial charge in [0.1, 0.15) is 17.4 Å². The van der Waals surface area contributed by atoms with Crippen LogP contribution >= 0.6 is 11.8 Å². The number of aromatic amines is 1. The van der Waals surface area contributed by atoms with Crippen LogP contribution in [0.15, 0.2) is 28.2 Å². The zero-order chi connectivity index (χ0) is 18.7. The smallest absolute Gasteiger partial charge is 0.270 e. The van der Waals surface area contributed by atoms with Gasteiger partial charge in [0.15, 0.2) is 5.16 Å². The molecule has 0 spiro atoms. The second-order valence-electron chi connectivity index (χ2n) is 6.29. The highest BCUT2D eigenvalue weighted by Crippen LogP contribution is 2.27. The molecule has 2 aromatic rings. The summed E-state index contributed by atoms with van der Waals surface area (Å²) in [4.78, 5) is 23.7. The van der Waals surface area contributed by atoms with Crippen LogP contribution in [0.2, 0.25) is 0 Å². The molecule has 1 aliphatic rings. The summed E-state index contributed by atoms with van der Waals surface area (Å²) in [7, 11) is 2.08. The van der Waals surface area contributed by atoms with Gasteiger partial charge in [0.2, 0.25) is 0 Å². The van der Waals surface area contributed by atoms with Crippen molar-refractivity contribution in [2.45, 2.75) is 11.7 Å². The largest absolute Gasteiger partial charge is 0.304 e. The van der Waals surface area contributed by atoms with E-state index in [2.05, 4.69) is 26.8 Å². The summed E-state index contributed by atoms with van der Waals surface area (Å²) in [5.41, 5.74) is 1.15. The molecule has 0 bridgehead atoms. The van der Waals surface area contributed by atoms with E-state index in [0.29, 0.717) is 23.0 Å². The van der Waals surface area contributed by atoms with Crippen LogP contribution in [0.1, 0.15) is 11.1 Å². The average Bonchev–Trinajstić information content (AvgIpc) is 2.63. The van der Waals surface area contributed by atoms with Crippen LogP contribution in [0.4, 0.5) is 4.39 Å². The quantitative estimate of drug-likeness (QED) is 0.652. The van der Waals surface area contributed by atoms with E-state index in [0.717, 1.165) is 31.7 Å². The van der Waals surface area contributed by atoms with Crippen molar-refractivity contribution in [2.24, 2.45) is 0 Å². The van der Waals surface area contributed by atoms with Crippen molar-refractivity contribution in [1.29, 1.82) is 5.26 Å². The predicted octanol–water partition coefficient (Wildman–Crippen LogP) is 1.92. The minimum Gasteiger partial charge on any atom is -0.304 e. The molecular weight excluding hydrogens is 353 g/mol. The van der Waals surface area contributed by atoms with E-state index in [4.69, 9.17) is 0 Å². The number of piperazine rings is 1. The number of thioether (sulfide) groups is 1. The number of rotatable bonds is 4. The predicted molar refractivity (Wildman–Crippen MR) is 99.5 cm³/mol. The molecule has 2 heterocycles. The van der Waals surface area contributed by atoms with Gasteiger partial charge in [0, 0.05) is 38.3 Å². The van der Waals surface area contributed by atoms with Gasteiger partial charge in [-0.1, -0.05) is 11.8 Å². The first-order valence-electron chi connectivity index (χ1n) is 8.30. The van der Waals surface area contributed by atoms with Crippen LogP contribution in [-0.2, 0) is 6.54 Å². The maximum absolute atomic E-state index is 13.9. The van der Waals surface area contributed by atoms with E-state index >= 15 is 0 Å². The molecule has 0 amide bonds. The normalized spacial score (nSPS) is 15.8. The summed E-state index contributed by atoms with van der Waals surface area (Å²) < 4.78 is 13.9. The van der Waals surface area contributed by atoms with Gasteiger partial charge < -0.3 is 9.88 Å². The monoisotopic (exact) mass is 373 g/mol. The lowest BCUT2D eigenvalue weighted by Gasteiger charge is -2.32. The molecule has 136 valence electrons. The van der Waals surface area contributed by atoms with Crippen LogP contribution in [0, 0.1) is 17.1 Å². The number of nitriles is 1. The average molecular weight is 373 g/mol. The van der Waals surface area contributed by atoms with Crippen molar-refractivity contribution in [1.82, 2.24) is 19.8 Å². The summed E-state index contributed by atoms with van der Waals surface area (Å²) in [6.45, 7) is 4.23. The Morgan fingerprint density at radius 3 is 2.73 bits per heavy atom. The molecule has 0 saturated carbocycles. The molecule has 8 heteroatoms. The molecule has 0 atom stereocenters. The van der Waals surface area contributed by atoms with E-state index in [1.165, 1.54) is 23.9 Å². The van der Waals surface area contributed by atoms with Crippen molar-refractivity contribution < 1.29 is 4.39 Å². The van der Waals surface area contributed by atoms with Crippen LogP contribution in [-0.4, -0.2) is 59.3 Å². The lowest BCUT2D eigenvalue weighted by molar-refractivity contribution is 0.148. The van der Waals surface area contributed by atoms with E-state index in [-0.39, 0.29) is 11.4 Å². The van der Waals surface area contributed by atoms with Gasteiger partial charge in [-0.2, -0.15) is 5.26 Å². The second kappa shape index (κ2) is 7.99. The molecule has 1 aromatic carbocycles. The van der Waals surface area contributed by atoms with Crippen molar-refractivity contribution in [3.63, 3.8) is 0 Å². The Kier molecular flexibility index (Phi) is 5.71. The Hall–Kier alpha value is -2.21. The molecule has 0 unspecified atom stereocenters. The van der Waals surface area contributed by atoms with Crippen molar-refractivity contribution >= 4 is 11.8 Å². The van der Waals surface area contributed by atoms with E-state index < -0.39 is 5.56 Å². The van der Waals surface area contributed by atoms with Gasteiger partial charge in [-0.05, 0) is 37.1 Å². The third kappa shape index (κ3) is 3.96. The SMILES string of the molecule is CSc1nc(-c2ccc(F)cc2CN2CCN(C)CC2)c(C#N)c(=O)[nH]1. The second-order valence-corrected chi connectivity index (χ2v) is 7.09. The van der Waals surface area contributed by atoms with Gasteiger partial charge >= 0.3 is 0 Å². The van der Waals surface area contributed by atoms with Crippen molar-refractivity contribution in [3.8, 4) is 17.3 Å². The van der Waals surface area contributed by atoms with Gasteiger partial charge in [-0.25, -0.2) is 9.37 Å². The molecule has 1 aromatic heterocycles. The third-order valence-corrected chi connectivity index (χ3v) is 5.10. The lowest BCUT2D eigenvalue weighted by atomic mass is 10.0. The number of likely N-dealkylation sites (N-methyl/N-ethyl adjacent to an activating group) is 1. The molecule has 1 N–H and O–H groups in total. The summed E-state index contributed by atoms with van der Waals surface area (Å²) >= 11 is 1.29. The van der Waals surface area contributed by atoms with E-state index in [9.17, 15) is 14.4 Å². The highest BCUT2D eigenvalue weighted by atomic mass is 32.2. The minimum atomic E-state index is -0.475. The Balaban J connectivity index is 2.05. The third-order valence-electron chi connectivity index (χ3n) is 4.52. The summed E-state index contributed by atoms with van der Waals surface area (Å²) in [6, 6.07) is 6.35. The van der Waals surface area contributed by atoms with Crippen molar-refractivity contribution in [2.75, 3.05) is 39.5 Å². The standard InChI is InChI=1S/C18H20FN5OS/c1-23-5-7-24(8-6-23)11-12-9-13(19)3-4-14(12)16-15(10-20)17(25)22-18(21-16)26-2/h3-4,9H,5-8,11H2,1-2H3,(H,21,22,25). The van der Waals surface area contributed by atoms with Crippen LogP contribution in [0.5, 0.6) is 0 Å². The first-order valence-corrected chi connectivity index (χ1v) is 9.52. The van der Waals surface area contributed by atoms with Crippen LogP contribution < -0.4 is 5.56 Å². The Morgan fingerprint density at radius 1 is 1.35 bits per heavy atom. The fourth-order valence-electron chi connectivity index (χ4n) is 3.02. The summed E-state index contributed by atoms with van der Waals surface area (Å²) in [5, 5.41) is 9.84. The van der Waals surface area contributed by atoms with E-state index in [1.807, 2.05) is 6.07 Å². The zero-order valence-electron chi connectivity index (χ0n) is 14.8. The fraction of sp³-hybridized carbons (Fsp3) is 0.389. The van der Waals surface area contributed by atoms with Crippen molar-refractivity contribution in [3.05, 3.63) is 45.5 Å². The van der Waals surface area contributed by atoms with Gasteiger partial charge in [-0.15, -0.1) is 0 Å². The number of hydrogen-bond donors (Lipinski definition) is 1. The highest BCUT2D eigenvalue weighted by Gasteiger charge is 2.20. The molecule has 26 heavy (non-hydrogen) atoms. The first kappa shape index (κ1) is 18.6. The number of halogens is 1. The Bertz CT molecular complexity index is 899. The maximum Gasteiger partial charge on any atom is 0.270 e. The van der Waals surface area contributed by atoms with Crippen LogP contribution in [0.25, 0.3) is 11.3 Å². The fourth-order valence-corrected chi connectivity index (χ4v) is 3.40. The lowest BCUT2D eigenvalue weighted by Crippen LogP contribution is -2.43. The zero-order valence-corrected chi connectivity index (χ0v) is 15.6. The number of nitrogens with zero attached hydrogens (tertiary/aromatic N) is 4. The molecule has 1 aliphatic heterocycles. The maximum atomic E-state index is 13.9. The highest BCUT2D eigenvalue weighted by molar-refractivity contribution is 7.98. The summed E-state index contributed by atoms with van der Waals surface area (Å²) in [6.07, 6.45) is 1.80. The first-order chi connectivity index (χ1) is 12.5. The minimum absolute atomic E-state index is 0.0472. The number of nitrogens with one attached hydrogen (secondary N) is 1. The number of benzene rings is 1. The van der Waals surface area contributed by atoms with E-state index in [1.54, 1.807) is 12.3 Å². The number of H-pyrrole nitrogens is 1. The molecule has 1 fully saturated rings. The van der Waals surface area contributed by atoms with Gasteiger partial charge in [-0.3, -0.25) is 9.69 Å².